The third-order valence-electron chi connectivity index (χ3n) is 3.86. The van der Waals surface area contributed by atoms with Crippen molar-refractivity contribution in [3.05, 3.63) is 0 Å². The summed E-state index contributed by atoms with van der Waals surface area (Å²) in [5, 5.41) is 1.97. The standard InChI is InChI=1S/C17H32N2O4/c1-6-12-19(18-16(21)23-17(3,4)5)14-10-8-13(9-11-14)15(20)22-7-2/h13-14H,6-12H2,1-5H3,(H,18,21). The number of ether oxygens (including phenoxy) is 2. The van der Waals surface area contributed by atoms with Gasteiger partial charge in [0.05, 0.1) is 12.5 Å². The van der Waals surface area contributed by atoms with E-state index in [0.29, 0.717) is 6.61 Å². The number of carbonyl (C=O) groups is 2. The Morgan fingerprint density at radius 3 is 2.22 bits per heavy atom. The smallest absolute Gasteiger partial charge is 0.422 e. The second-order valence-corrected chi connectivity index (χ2v) is 7.06. The molecule has 1 rings (SSSR count). The van der Waals surface area contributed by atoms with Crippen LogP contribution in [0.25, 0.3) is 0 Å². The second-order valence-electron chi connectivity index (χ2n) is 7.06. The largest absolute Gasteiger partial charge is 0.466 e. The topological polar surface area (TPSA) is 67.9 Å². The molecular weight excluding hydrogens is 296 g/mol. The van der Waals surface area contributed by atoms with Crippen LogP contribution in [0.4, 0.5) is 4.79 Å². The Morgan fingerprint density at radius 1 is 1.13 bits per heavy atom. The summed E-state index contributed by atoms with van der Waals surface area (Å²) in [7, 11) is 0. The van der Waals surface area contributed by atoms with Crippen molar-refractivity contribution in [2.24, 2.45) is 5.92 Å². The number of hydrazine groups is 1. The first-order valence-electron chi connectivity index (χ1n) is 8.69. The van der Waals surface area contributed by atoms with Crippen LogP contribution in [0.3, 0.4) is 0 Å². The Balaban J connectivity index is 2.52. The first kappa shape index (κ1) is 19.7. The average Bonchev–Trinajstić information content (AvgIpc) is 2.45. The molecule has 0 aromatic carbocycles. The molecule has 0 aromatic heterocycles. The van der Waals surface area contributed by atoms with Gasteiger partial charge >= 0.3 is 12.1 Å². The molecule has 6 heteroatoms. The predicted molar refractivity (Wildman–Crippen MR) is 88.7 cm³/mol. The number of hydrogen-bond acceptors (Lipinski definition) is 5. The number of carbonyl (C=O) groups excluding carboxylic acids is 2. The maximum atomic E-state index is 12.0. The fourth-order valence-corrected chi connectivity index (χ4v) is 2.87. The number of rotatable bonds is 6. The van der Waals surface area contributed by atoms with E-state index in [1.54, 1.807) is 0 Å². The van der Waals surface area contributed by atoms with Crippen molar-refractivity contribution in [1.29, 1.82) is 0 Å². The molecule has 134 valence electrons. The van der Waals surface area contributed by atoms with Gasteiger partial charge in [-0.3, -0.25) is 10.2 Å². The summed E-state index contributed by atoms with van der Waals surface area (Å²) >= 11 is 0. The molecule has 1 aliphatic carbocycles. The van der Waals surface area contributed by atoms with E-state index in [4.69, 9.17) is 9.47 Å². The molecule has 0 heterocycles. The van der Waals surface area contributed by atoms with Crippen LogP contribution in [0.1, 0.15) is 66.7 Å². The van der Waals surface area contributed by atoms with Crippen LogP contribution in [0, 0.1) is 5.92 Å². The van der Waals surface area contributed by atoms with Crippen molar-refractivity contribution < 1.29 is 19.1 Å². The molecule has 0 spiro atoms. The average molecular weight is 328 g/mol. The Kier molecular flexibility index (Phi) is 7.82. The molecule has 1 fully saturated rings. The van der Waals surface area contributed by atoms with Crippen molar-refractivity contribution in [3.8, 4) is 0 Å². The highest BCUT2D eigenvalue weighted by molar-refractivity contribution is 5.72. The molecule has 1 N–H and O–H groups in total. The van der Waals surface area contributed by atoms with Gasteiger partial charge in [-0.1, -0.05) is 6.92 Å². The van der Waals surface area contributed by atoms with Gasteiger partial charge in [0, 0.05) is 12.6 Å². The minimum atomic E-state index is -0.510. The van der Waals surface area contributed by atoms with Gasteiger partial charge in [-0.15, -0.1) is 0 Å². The summed E-state index contributed by atoms with van der Waals surface area (Å²) in [4.78, 5) is 23.8. The molecule has 0 unspecified atom stereocenters. The number of esters is 1. The Bertz CT molecular complexity index is 385. The Morgan fingerprint density at radius 2 is 1.74 bits per heavy atom. The molecule has 1 saturated carbocycles. The summed E-state index contributed by atoms with van der Waals surface area (Å²) in [5.74, 6) is -0.0932. The van der Waals surface area contributed by atoms with E-state index in [-0.39, 0.29) is 17.9 Å². The van der Waals surface area contributed by atoms with Crippen LogP contribution < -0.4 is 5.43 Å². The summed E-state index contributed by atoms with van der Waals surface area (Å²) in [6.45, 7) is 10.7. The zero-order valence-electron chi connectivity index (χ0n) is 15.2. The predicted octanol–water partition coefficient (Wildman–Crippen LogP) is 3.26. The molecule has 23 heavy (non-hydrogen) atoms. The molecule has 1 aliphatic rings. The molecular formula is C17H32N2O4. The van der Waals surface area contributed by atoms with Gasteiger partial charge in [0.2, 0.25) is 0 Å². The van der Waals surface area contributed by atoms with E-state index in [1.165, 1.54) is 0 Å². The molecule has 6 nitrogen and oxygen atoms in total. The lowest BCUT2D eigenvalue weighted by Crippen LogP contribution is -2.51. The Labute approximate surface area is 139 Å². The van der Waals surface area contributed by atoms with Crippen LogP contribution in [-0.4, -0.2) is 41.9 Å². The van der Waals surface area contributed by atoms with Gasteiger partial charge < -0.3 is 9.47 Å². The van der Waals surface area contributed by atoms with Crippen molar-refractivity contribution in [2.45, 2.75) is 78.4 Å². The lowest BCUT2D eigenvalue weighted by molar-refractivity contribution is -0.149. The maximum absolute atomic E-state index is 12.0. The van der Waals surface area contributed by atoms with Gasteiger partial charge in [-0.2, -0.15) is 0 Å². The number of amides is 1. The lowest BCUT2D eigenvalue weighted by atomic mass is 9.85. The van der Waals surface area contributed by atoms with E-state index in [9.17, 15) is 9.59 Å². The molecule has 0 aromatic rings. The molecule has 1 amide bonds. The number of nitrogens with zero attached hydrogens (tertiary/aromatic N) is 1. The van der Waals surface area contributed by atoms with Crippen molar-refractivity contribution >= 4 is 12.1 Å². The summed E-state index contributed by atoms with van der Waals surface area (Å²) < 4.78 is 10.4. The van der Waals surface area contributed by atoms with Crippen LogP contribution in [0.2, 0.25) is 0 Å². The fraction of sp³-hybridized carbons (Fsp3) is 0.882. The lowest BCUT2D eigenvalue weighted by Gasteiger charge is -2.36. The van der Waals surface area contributed by atoms with E-state index < -0.39 is 11.7 Å². The molecule has 0 atom stereocenters. The monoisotopic (exact) mass is 328 g/mol. The minimum absolute atomic E-state index is 0.00352. The minimum Gasteiger partial charge on any atom is -0.466 e. The summed E-state index contributed by atoms with van der Waals surface area (Å²) in [6.07, 6.45) is 3.88. The van der Waals surface area contributed by atoms with Crippen LogP contribution in [0.5, 0.6) is 0 Å². The zero-order valence-corrected chi connectivity index (χ0v) is 15.2. The van der Waals surface area contributed by atoms with Crippen molar-refractivity contribution in [2.75, 3.05) is 13.2 Å². The van der Waals surface area contributed by atoms with E-state index in [2.05, 4.69) is 12.3 Å². The second kappa shape index (κ2) is 9.11. The van der Waals surface area contributed by atoms with Crippen LogP contribution in [0.15, 0.2) is 0 Å². The van der Waals surface area contributed by atoms with Gasteiger partial charge in [0.15, 0.2) is 0 Å². The molecule has 0 saturated heterocycles. The highest BCUT2D eigenvalue weighted by Crippen LogP contribution is 2.28. The normalized spacial score (nSPS) is 21.8. The molecule has 0 radical (unpaired) electrons. The van der Waals surface area contributed by atoms with E-state index in [0.717, 1.165) is 38.6 Å². The summed E-state index contributed by atoms with van der Waals surface area (Å²) in [5.41, 5.74) is 2.36. The summed E-state index contributed by atoms with van der Waals surface area (Å²) in [6, 6.07) is 0.244. The third kappa shape index (κ3) is 7.20. The van der Waals surface area contributed by atoms with Crippen LogP contribution in [-0.2, 0) is 14.3 Å². The van der Waals surface area contributed by atoms with E-state index in [1.807, 2.05) is 32.7 Å². The highest BCUT2D eigenvalue weighted by atomic mass is 16.6. The van der Waals surface area contributed by atoms with Crippen molar-refractivity contribution in [3.63, 3.8) is 0 Å². The quantitative estimate of drug-likeness (QED) is 0.599. The fourth-order valence-electron chi connectivity index (χ4n) is 2.87. The first-order chi connectivity index (χ1) is 10.8. The molecule has 0 bridgehead atoms. The van der Waals surface area contributed by atoms with Gasteiger partial charge in [-0.25, -0.2) is 9.80 Å². The Hall–Kier alpha value is -1.30. The first-order valence-corrected chi connectivity index (χ1v) is 8.69. The zero-order chi connectivity index (χ0) is 17.5. The number of hydrogen-bond donors (Lipinski definition) is 1. The van der Waals surface area contributed by atoms with Gasteiger partial charge in [0.1, 0.15) is 5.60 Å². The maximum Gasteiger partial charge on any atom is 0.422 e. The SMILES string of the molecule is CCCN(NC(=O)OC(C)(C)C)C1CCC(C(=O)OCC)CC1. The van der Waals surface area contributed by atoms with Gasteiger partial charge in [-0.05, 0) is 59.8 Å². The molecule has 0 aliphatic heterocycles. The van der Waals surface area contributed by atoms with Crippen LogP contribution >= 0.6 is 0 Å². The number of nitrogens with one attached hydrogen (secondary N) is 1. The highest BCUT2D eigenvalue weighted by Gasteiger charge is 2.31. The third-order valence-corrected chi connectivity index (χ3v) is 3.86. The van der Waals surface area contributed by atoms with Crippen molar-refractivity contribution in [1.82, 2.24) is 10.4 Å². The van der Waals surface area contributed by atoms with E-state index >= 15 is 0 Å². The van der Waals surface area contributed by atoms with Gasteiger partial charge in [0.25, 0.3) is 0 Å².